The van der Waals surface area contributed by atoms with Crippen LogP contribution in [0.5, 0.6) is 0 Å². The Labute approximate surface area is 182 Å². The third kappa shape index (κ3) is 5.01. The van der Waals surface area contributed by atoms with E-state index in [1.54, 1.807) is 12.1 Å². The topological polar surface area (TPSA) is 96.7 Å². The van der Waals surface area contributed by atoms with E-state index >= 15 is 0 Å². The third-order valence-electron chi connectivity index (χ3n) is 4.49. The molecule has 2 N–H and O–H groups in total. The molecule has 7 nitrogen and oxygen atoms in total. The fraction of sp³-hybridized carbons (Fsp3) is 0.238. The van der Waals surface area contributed by atoms with Crippen LogP contribution in [0.25, 0.3) is 11.0 Å². The molecule has 0 saturated heterocycles. The first-order chi connectivity index (χ1) is 14.5. The van der Waals surface area contributed by atoms with E-state index in [4.69, 9.17) is 16.1 Å². The first kappa shape index (κ1) is 20.4. The molecule has 154 valence electrons. The lowest BCUT2D eigenvalue weighted by Crippen LogP contribution is -2.13. The monoisotopic (exact) mass is 441 g/mol. The molecule has 0 atom stereocenters. The van der Waals surface area contributed by atoms with Crippen LogP contribution in [0.4, 0.5) is 5.69 Å². The lowest BCUT2D eigenvalue weighted by atomic mass is 10.2. The summed E-state index contributed by atoms with van der Waals surface area (Å²) in [5.74, 6) is 1.42. The van der Waals surface area contributed by atoms with Gasteiger partial charge in [-0.25, -0.2) is 4.98 Å². The molecule has 4 rings (SSSR count). The second-order valence-electron chi connectivity index (χ2n) is 6.96. The van der Waals surface area contributed by atoms with Crippen molar-refractivity contribution in [1.82, 2.24) is 20.1 Å². The van der Waals surface area contributed by atoms with Crippen molar-refractivity contribution in [2.75, 3.05) is 5.32 Å². The zero-order chi connectivity index (χ0) is 21.1. The molecule has 0 radical (unpaired) electrons. The number of amides is 1. The number of imidazole rings is 1. The minimum absolute atomic E-state index is 0.118. The highest BCUT2D eigenvalue weighted by Crippen LogP contribution is 2.23. The summed E-state index contributed by atoms with van der Waals surface area (Å²) >= 11 is 7.45. The molecule has 2 aromatic heterocycles. The fourth-order valence-electron chi connectivity index (χ4n) is 2.95. The number of aromatic amines is 1. The number of rotatable bonds is 7. The van der Waals surface area contributed by atoms with E-state index < -0.39 is 0 Å². The Bertz CT molecular complexity index is 1200. The highest BCUT2D eigenvalue weighted by Gasteiger charge is 2.12. The number of carbonyl (C=O) groups excluding carboxylic acids is 1. The number of aromatic nitrogens is 4. The van der Waals surface area contributed by atoms with Crippen LogP contribution in [-0.4, -0.2) is 26.0 Å². The van der Waals surface area contributed by atoms with Gasteiger partial charge in [0.15, 0.2) is 11.0 Å². The maximum atomic E-state index is 12.2. The molecule has 2 heterocycles. The standard InChI is InChI=1S/C21H20ClN5O2S/c1-12-3-5-16-17(9-12)25-21(24-16)30-11-18-26-20(29-27-18)8-7-19(28)23-15-6-4-14(22)10-13(15)2/h3-6,9-10H,7-8,11H2,1-2H3,(H,23,28)(H,24,25). The number of nitrogens with zero attached hydrogens (tertiary/aromatic N) is 3. The van der Waals surface area contributed by atoms with Gasteiger partial charge in [-0.15, -0.1) is 0 Å². The summed E-state index contributed by atoms with van der Waals surface area (Å²) in [6.07, 6.45) is 0.625. The highest BCUT2D eigenvalue weighted by atomic mass is 35.5. The molecule has 0 aliphatic heterocycles. The number of hydrogen-bond acceptors (Lipinski definition) is 6. The number of H-pyrrole nitrogens is 1. The molecule has 0 fully saturated rings. The molecule has 0 bridgehead atoms. The van der Waals surface area contributed by atoms with Gasteiger partial charge in [-0.3, -0.25) is 4.79 Å². The van der Waals surface area contributed by atoms with Gasteiger partial charge in [0.25, 0.3) is 0 Å². The number of anilines is 1. The molecular formula is C21H20ClN5O2S. The first-order valence-corrected chi connectivity index (χ1v) is 10.8. The third-order valence-corrected chi connectivity index (χ3v) is 5.60. The smallest absolute Gasteiger partial charge is 0.227 e. The first-order valence-electron chi connectivity index (χ1n) is 9.43. The van der Waals surface area contributed by atoms with Crippen molar-refractivity contribution < 1.29 is 9.32 Å². The average molecular weight is 442 g/mol. The molecule has 1 amide bonds. The Morgan fingerprint density at radius 1 is 1.20 bits per heavy atom. The lowest BCUT2D eigenvalue weighted by Gasteiger charge is -2.07. The molecule has 9 heteroatoms. The summed E-state index contributed by atoms with van der Waals surface area (Å²) in [5.41, 5.74) is 4.77. The van der Waals surface area contributed by atoms with E-state index in [9.17, 15) is 4.79 Å². The number of hydrogen-bond donors (Lipinski definition) is 2. The number of carbonyl (C=O) groups is 1. The normalized spacial score (nSPS) is 11.2. The summed E-state index contributed by atoms with van der Waals surface area (Å²) in [7, 11) is 0. The van der Waals surface area contributed by atoms with Crippen LogP contribution in [0.1, 0.15) is 29.3 Å². The van der Waals surface area contributed by atoms with Crippen LogP contribution in [0.2, 0.25) is 5.02 Å². The van der Waals surface area contributed by atoms with Crippen LogP contribution in [0.3, 0.4) is 0 Å². The molecule has 0 aliphatic rings. The van der Waals surface area contributed by atoms with Crippen molar-refractivity contribution in [2.24, 2.45) is 0 Å². The van der Waals surface area contributed by atoms with E-state index in [-0.39, 0.29) is 12.3 Å². The van der Waals surface area contributed by atoms with Crippen molar-refractivity contribution in [2.45, 2.75) is 37.6 Å². The predicted molar refractivity (Wildman–Crippen MR) is 118 cm³/mol. The number of fused-ring (bicyclic) bond motifs is 1. The molecule has 0 spiro atoms. The van der Waals surface area contributed by atoms with Crippen LogP contribution in [0.15, 0.2) is 46.1 Å². The number of aryl methyl sites for hydroxylation is 3. The Hall–Kier alpha value is -2.84. The highest BCUT2D eigenvalue weighted by molar-refractivity contribution is 7.98. The van der Waals surface area contributed by atoms with Crippen molar-refractivity contribution in [3.05, 3.63) is 64.3 Å². The van der Waals surface area contributed by atoms with Crippen molar-refractivity contribution in [3.8, 4) is 0 Å². The number of halogens is 1. The quantitative estimate of drug-likeness (QED) is 0.388. The van der Waals surface area contributed by atoms with Crippen LogP contribution < -0.4 is 5.32 Å². The average Bonchev–Trinajstić information content (AvgIpc) is 3.33. The zero-order valence-electron chi connectivity index (χ0n) is 16.5. The maximum absolute atomic E-state index is 12.2. The Morgan fingerprint density at radius 3 is 2.90 bits per heavy atom. The minimum atomic E-state index is -0.118. The molecule has 30 heavy (non-hydrogen) atoms. The SMILES string of the molecule is Cc1ccc2nc(SCc3noc(CCC(=O)Nc4ccc(Cl)cc4C)n3)[nH]c2c1. The predicted octanol–water partition coefficient (Wildman–Crippen LogP) is 5.08. The van der Waals surface area contributed by atoms with E-state index in [0.29, 0.717) is 28.9 Å². The van der Waals surface area contributed by atoms with E-state index in [1.165, 1.54) is 17.3 Å². The fourth-order valence-corrected chi connectivity index (χ4v) is 3.91. The van der Waals surface area contributed by atoms with Gasteiger partial charge in [-0.1, -0.05) is 34.6 Å². The van der Waals surface area contributed by atoms with Crippen LogP contribution in [-0.2, 0) is 17.0 Å². The van der Waals surface area contributed by atoms with Crippen molar-refractivity contribution in [1.29, 1.82) is 0 Å². The largest absolute Gasteiger partial charge is 0.339 e. The summed E-state index contributed by atoms with van der Waals surface area (Å²) in [6.45, 7) is 3.94. The summed E-state index contributed by atoms with van der Waals surface area (Å²) in [6, 6.07) is 11.4. The van der Waals surface area contributed by atoms with Gasteiger partial charge in [0.2, 0.25) is 11.8 Å². The van der Waals surface area contributed by atoms with Crippen molar-refractivity contribution >= 4 is 46.0 Å². The van der Waals surface area contributed by atoms with Gasteiger partial charge >= 0.3 is 0 Å². The molecule has 0 saturated carbocycles. The zero-order valence-corrected chi connectivity index (χ0v) is 18.1. The van der Waals surface area contributed by atoms with Gasteiger partial charge in [0, 0.05) is 23.6 Å². The number of nitrogens with one attached hydrogen (secondary N) is 2. The van der Waals surface area contributed by atoms with Gasteiger partial charge in [-0.2, -0.15) is 4.98 Å². The molecular weight excluding hydrogens is 422 g/mol. The van der Waals surface area contributed by atoms with E-state index in [0.717, 1.165) is 27.4 Å². The van der Waals surface area contributed by atoms with Crippen molar-refractivity contribution in [3.63, 3.8) is 0 Å². The molecule has 4 aromatic rings. The summed E-state index contributed by atoms with van der Waals surface area (Å²) < 4.78 is 5.27. The van der Waals surface area contributed by atoms with Gasteiger partial charge in [0.05, 0.1) is 16.8 Å². The molecule has 0 unspecified atom stereocenters. The Morgan fingerprint density at radius 2 is 2.07 bits per heavy atom. The second-order valence-corrected chi connectivity index (χ2v) is 8.36. The van der Waals surface area contributed by atoms with Gasteiger partial charge in [0.1, 0.15) is 0 Å². The molecule has 2 aromatic carbocycles. The van der Waals surface area contributed by atoms with E-state index in [1.807, 2.05) is 32.0 Å². The summed E-state index contributed by atoms with van der Waals surface area (Å²) in [4.78, 5) is 24.4. The second kappa shape index (κ2) is 8.89. The minimum Gasteiger partial charge on any atom is -0.339 e. The van der Waals surface area contributed by atoms with Gasteiger partial charge < -0.3 is 14.8 Å². The maximum Gasteiger partial charge on any atom is 0.227 e. The van der Waals surface area contributed by atoms with Crippen LogP contribution >= 0.6 is 23.4 Å². The number of benzene rings is 2. The lowest BCUT2D eigenvalue weighted by molar-refractivity contribution is -0.116. The van der Waals surface area contributed by atoms with Crippen LogP contribution in [0, 0.1) is 13.8 Å². The Kier molecular flexibility index (Phi) is 6.06. The van der Waals surface area contributed by atoms with Gasteiger partial charge in [-0.05, 0) is 55.3 Å². The summed E-state index contributed by atoms with van der Waals surface area (Å²) in [5, 5.41) is 8.31. The van der Waals surface area contributed by atoms with E-state index in [2.05, 4.69) is 31.5 Å². The number of thioether (sulfide) groups is 1. The molecule has 0 aliphatic carbocycles. The Balaban J connectivity index is 1.28.